The number of hydrogen-bond acceptors (Lipinski definition) is 4. The summed E-state index contributed by atoms with van der Waals surface area (Å²) in [5.74, 6) is 0.135. The molecule has 0 fully saturated rings. The van der Waals surface area contributed by atoms with Crippen molar-refractivity contribution >= 4 is 40.2 Å². The Bertz CT molecular complexity index is 676. The van der Waals surface area contributed by atoms with Crippen molar-refractivity contribution < 1.29 is 4.79 Å². The molecule has 0 saturated carbocycles. The molecule has 2 aromatic rings. The second-order valence-corrected chi connectivity index (χ2v) is 6.13. The molecule has 1 unspecified atom stereocenters. The van der Waals surface area contributed by atoms with Crippen LogP contribution in [0, 0.1) is 0 Å². The lowest BCUT2D eigenvalue weighted by Gasteiger charge is -2.28. The van der Waals surface area contributed by atoms with E-state index < -0.39 is 0 Å². The van der Waals surface area contributed by atoms with Gasteiger partial charge < -0.3 is 10.2 Å². The van der Waals surface area contributed by atoms with Gasteiger partial charge in [0, 0.05) is 16.9 Å². The average Bonchev–Trinajstić information content (AvgIpc) is 2.90. The van der Waals surface area contributed by atoms with E-state index in [1.807, 2.05) is 67.6 Å². The van der Waals surface area contributed by atoms with Crippen molar-refractivity contribution in [2.24, 2.45) is 0 Å². The Hall–Kier alpha value is -1.72. The summed E-state index contributed by atoms with van der Waals surface area (Å²) in [6.07, 6.45) is 0. The minimum Gasteiger partial charge on any atom is -0.356 e. The molecule has 0 aromatic heterocycles. The van der Waals surface area contributed by atoms with Crippen molar-refractivity contribution in [1.29, 1.82) is 0 Å². The maximum absolute atomic E-state index is 12.4. The number of rotatable bonds is 5. The molecule has 0 saturated heterocycles. The number of carbonyl (C=O) groups is 1. The summed E-state index contributed by atoms with van der Waals surface area (Å²) in [6.45, 7) is 2.42. The van der Waals surface area contributed by atoms with Gasteiger partial charge >= 0.3 is 0 Å². The lowest BCUT2D eigenvalue weighted by molar-refractivity contribution is 0.0949. The van der Waals surface area contributed by atoms with Gasteiger partial charge in [-0.2, -0.15) is 0 Å². The fraction of sp³-hybridized carbons (Fsp3) is 0.167. The molecule has 23 heavy (non-hydrogen) atoms. The summed E-state index contributed by atoms with van der Waals surface area (Å²) >= 11 is 1.69. The number of anilines is 1. The van der Waals surface area contributed by atoms with Crippen LogP contribution in [0.4, 0.5) is 5.69 Å². The van der Waals surface area contributed by atoms with Gasteiger partial charge in [-0.3, -0.25) is 4.79 Å². The van der Waals surface area contributed by atoms with E-state index in [1.165, 1.54) is 0 Å². The Kier molecular flexibility index (Phi) is 6.30. The van der Waals surface area contributed by atoms with Crippen molar-refractivity contribution in [3.8, 4) is 0 Å². The van der Waals surface area contributed by atoms with Crippen molar-refractivity contribution in [2.75, 3.05) is 11.9 Å². The molecular weight excluding hydrogens is 372 g/mol. The van der Waals surface area contributed by atoms with Crippen molar-refractivity contribution in [2.45, 2.75) is 12.4 Å². The predicted octanol–water partition coefficient (Wildman–Crippen LogP) is 4.75. The highest BCUT2D eigenvalue weighted by molar-refractivity contribution is 8.93. The van der Waals surface area contributed by atoms with Gasteiger partial charge in [0.25, 0.3) is 0 Å². The summed E-state index contributed by atoms with van der Waals surface area (Å²) < 4.78 is 0. The number of nitrogens with zero attached hydrogens (tertiary/aromatic N) is 1. The normalized spacial score (nSPS) is 16.5. The van der Waals surface area contributed by atoms with Crippen LogP contribution >= 0.6 is 28.7 Å². The molecule has 2 aromatic carbocycles. The first-order valence-corrected chi connectivity index (χ1v) is 8.17. The Balaban J connectivity index is 0.00000192. The first kappa shape index (κ1) is 17.6. The molecule has 1 aliphatic rings. The third kappa shape index (κ3) is 4.39. The van der Waals surface area contributed by atoms with Gasteiger partial charge in [-0.25, -0.2) is 0 Å². The third-order valence-corrected chi connectivity index (χ3v) is 4.68. The van der Waals surface area contributed by atoms with Gasteiger partial charge in [-0.05, 0) is 24.5 Å². The summed E-state index contributed by atoms with van der Waals surface area (Å²) in [5.41, 5.74) is 2.98. The molecule has 3 rings (SSSR count). The average molecular weight is 391 g/mol. The number of ketones is 1. The molecular formula is C18H19BrN2OS. The van der Waals surface area contributed by atoms with Crippen LogP contribution in [0.3, 0.4) is 0 Å². The second-order valence-electron chi connectivity index (χ2n) is 5.18. The molecule has 1 atom stereocenters. The van der Waals surface area contributed by atoms with E-state index in [1.54, 1.807) is 11.8 Å². The number of benzene rings is 2. The van der Waals surface area contributed by atoms with Gasteiger partial charge in [0.15, 0.2) is 11.3 Å². The summed E-state index contributed by atoms with van der Waals surface area (Å²) in [4.78, 5) is 14.5. The smallest absolute Gasteiger partial charge is 0.182 e. The fourth-order valence-corrected chi connectivity index (χ4v) is 3.41. The number of allylic oxidation sites excluding steroid dienone is 1. The van der Waals surface area contributed by atoms with Crippen LogP contribution in [0.5, 0.6) is 0 Å². The number of thioether (sulfide) groups is 1. The third-order valence-electron chi connectivity index (χ3n) is 3.58. The Labute approximate surface area is 151 Å². The van der Waals surface area contributed by atoms with E-state index in [0.29, 0.717) is 6.54 Å². The van der Waals surface area contributed by atoms with Crippen LogP contribution < -0.4 is 5.32 Å². The first-order chi connectivity index (χ1) is 10.7. The Morgan fingerprint density at radius 2 is 1.70 bits per heavy atom. The molecule has 0 aliphatic carbocycles. The van der Waals surface area contributed by atoms with Crippen LogP contribution in [0.1, 0.15) is 17.3 Å². The van der Waals surface area contributed by atoms with Crippen LogP contribution in [0.2, 0.25) is 0 Å². The molecule has 0 radical (unpaired) electrons. The highest BCUT2D eigenvalue weighted by atomic mass is 79.9. The molecule has 1 N–H and O–H groups in total. The van der Waals surface area contributed by atoms with Crippen LogP contribution in [0.15, 0.2) is 71.8 Å². The highest BCUT2D eigenvalue weighted by Gasteiger charge is 2.26. The minimum absolute atomic E-state index is 0. The fourth-order valence-electron chi connectivity index (χ4n) is 2.36. The number of hydrogen-bond donors (Lipinski definition) is 1. The summed E-state index contributed by atoms with van der Waals surface area (Å²) in [5, 5.41) is 5.56. The largest absolute Gasteiger partial charge is 0.356 e. The summed E-state index contributed by atoms with van der Waals surface area (Å²) in [6, 6.07) is 19.5. The second kappa shape index (κ2) is 8.22. The van der Waals surface area contributed by atoms with Crippen molar-refractivity contribution in [3.05, 3.63) is 77.3 Å². The van der Waals surface area contributed by atoms with E-state index >= 15 is 0 Å². The predicted molar refractivity (Wildman–Crippen MR) is 103 cm³/mol. The number of para-hydroxylation sites is 1. The number of Topliss-reactive ketones (excluding diaryl/α,β-unsaturated/α-hetero) is 1. The molecule has 1 aliphatic heterocycles. The standard InChI is InChI=1S/C18H18N2OS.BrH/c1-14-13-22-18(19-16-10-6-3-7-11-16)20(14)12-17(21)15-8-4-2-5-9-15;/h2-11,13,18-19H,12H2,1H3;1H. The van der Waals surface area contributed by atoms with E-state index in [2.05, 4.69) is 15.6 Å². The SMILES string of the molecule is Br.CC1=CSC(Nc2ccccc2)N1CC(=O)c1ccccc1. The monoisotopic (exact) mass is 390 g/mol. The molecule has 5 heteroatoms. The van der Waals surface area contributed by atoms with Gasteiger partial charge in [0.2, 0.25) is 0 Å². The topological polar surface area (TPSA) is 32.3 Å². The Morgan fingerprint density at radius 1 is 1.09 bits per heavy atom. The van der Waals surface area contributed by atoms with E-state index in [-0.39, 0.29) is 28.3 Å². The molecule has 1 heterocycles. The van der Waals surface area contributed by atoms with Gasteiger partial charge in [0.1, 0.15) is 0 Å². The van der Waals surface area contributed by atoms with Crippen molar-refractivity contribution in [3.63, 3.8) is 0 Å². The maximum atomic E-state index is 12.4. The van der Waals surface area contributed by atoms with Gasteiger partial charge in [-0.1, -0.05) is 60.3 Å². The van der Waals surface area contributed by atoms with Gasteiger partial charge in [-0.15, -0.1) is 17.0 Å². The number of nitrogens with one attached hydrogen (secondary N) is 1. The lowest BCUT2D eigenvalue weighted by Crippen LogP contribution is -2.37. The van der Waals surface area contributed by atoms with Crippen molar-refractivity contribution in [1.82, 2.24) is 4.90 Å². The van der Waals surface area contributed by atoms with Crippen LogP contribution in [-0.4, -0.2) is 22.7 Å². The molecule has 0 bridgehead atoms. The quantitative estimate of drug-likeness (QED) is 0.746. The van der Waals surface area contributed by atoms with Crippen LogP contribution in [0.25, 0.3) is 0 Å². The summed E-state index contributed by atoms with van der Waals surface area (Å²) in [7, 11) is 0. The van der Waals surface area contributed by atoms with E-state index in [4.69, 9.17) is 0 Å². The Morgan fingerprint density at radius 3 is 2.35 bits per heavy atom. The maximum Gasteiger partial charge on any atom is 0.182 e. The van der Waals surface area contributed by atoms with E-state index in [9.17, 15) is 4.79 Å². The highest BCUT2D eigenvalue weighted by Crippen LogP contribution is 2.31. The van der Waals surface area contributed by atoms with E-state index in [0.717, 1.165) is 16.9 Å². The zero-order valence-corrected chi connectivity index (χ0v) is 15.3. The zero-order chi connectivity index (χ0) is 15.4. The molecule has 0 amide bonds. The number of halogens is 1. The first-order valence-electron chi connectivity index (χ1n) is 7.23. The molecule has 120 valence electrons. The minimum atomic E-state index is 0. The molecule has 3 nitrogen and oxygen atoms in total. The van der Waals surface area contributed by atoms with Crippen LogP contribution in [-0.2, 0) is 0 Å². The number of carbonyl (C=O) groups excluding carboxylic acids is 1. The lowest BCUT2D eigenvalue weighted by atomic mass is 10.1. The zero-order valence-electron chi connectivity index (χ0n) is 12.8. The molecule has 0 spiro atoms. The van der Waals surface area contributed by atoms with Gasteiger partial charge in [0.05, 0.1) is 6.54 Å².